The van der Waals surface area contributed by atoms with Gasteiger partial charge < -0.3 is 25.1 Å². The number of fused-ring (bicyclic) bond motifs is 3. The minimum Gasteiger partial charge on any atom is -0.508 e. The molecule has 2 N–H and O–H groups in total. The molecule has 0 spiro atoms. The van der Waals surface area contributed by atoms with Gasteiger partial charge in [-0.2, -0.15) is 4.98 Å². The number of phenolic OH excluding ortho intramolecular Hbond substituents is 1. The number of hydrogen-bond donors (Lipinski definition) is 2. The van der Waals surface area contributed by atoms with Gasteiger partial charge in [0.1, 0.15) is 17.1 Å². The number of piperazine rings is 1. The van der Waals surface area contributed by atoms with Gasteiger partial charge in [-0.3, -0.25) is 4.99 Å². The predicted octanol–water partition coefficient (Wildman–Crippen LogP) is 4.20. The lowest BCUT2D eigenvalue weighted by atomic mass is 9.99. The number of aromatic hydroxyl groups is 1. The van der Waals surface area contributed by atoms with Crippen molar-refractivity contribution < 1.29 is 9.50 Å². The summed E-state index contributed by atoms with van der Waals surface area (Å²) in [4.78, 5) is 20.2. The number of likely N-dealkylation sites (N-methyl/N-ethyl adjacent to an activating group) is 1. The van der Waals surface area contributed by atoms with Crippen LogP contribution >= 0.6 is 11.6 Å². The zero-order valence-corrected chi connectivity index (χ0v) is 23.2. The first-order chi connectivity index (χ1) is 18.8. The first kappa shape index (κ1) is 26.0. The maximum Gasteiger partial charge on any atom is 0.228 e. The van der Waals surface area contributed by atoms with E-state index in [-0.39, 0.29) is 21.9 Å². The van der Waals surface area contributed by atoms with Crippen LogP contribution in [0.5, 0.6) is 5.75 Å². The molecule has 8 nitrogen and oxygen atoms in total. The van der Waals surface area contributed by atoms with Gasteiger partial charge in [-0.25, -0.2) is 9.37 Å². The van der Waals surface area contributed by atoms with Crippen molar-refractivity contribution in [3.8, 4) is 16.9 Å². The zero-order chi connectivity index (χ0) is 27.3. The summed E-state index contributed by atoms with van der Waals surface area (Å²) in [5.41, 5.74) is 1.64. The van der Waals surface area contributed by atoms with Crippen molar-refractivity contribution in [1.82, 2.24) is 20.2 Å². The number of rotatable bonds is 6. The van der Waals surface area contributed by atoms with Gasteiger partial charge in [0, 0.05) is 68.5 Å². The lowest BCUT2D eigenvalue weighted by Gasteiger charge is -2.43. The van der Waals surface area contributed by atoms with Gasteiger partial charge >= 0.3 is 0 Å². The number of anilines is 2. The molecule has 2 bridgehead atoms. The Bertz CT molecular complexity index is 1460. The second-order valence-electron chi connectivity index (χ2n) is 10.9. The molecule has 0 radical (unpaired) electrons. The Morgan fingerprint density at radius 1 is 1.08 bits per heavy atom. The van der Waals surface area contributed by atoms with Crippen molar-refractivity contribution in [1.29, 1.82) is 0 Å². The Labute approximate surface area is 232 Å². The van der Waals surface area contributed by atoms with E-state index in [1.165, 1.54) is 6.07 Å². The number of halogens is 2. The van der Waals surface area contributed by atoms with Crippen LogP contribution in [0.25, 0.3) is 28.1 Å². The van der Waals surface area contributed by atoms with E-state index < -0.39 is 5.82 Å². The number of nitrogens with one attached hydrogen (secondary N) is 1. The molecule has 2 unspecified atom stereocenters. The van der Waals surface area contributed by atoms with E-state index in [4.69, 9.17) is 21.6 Å². The number of benzene rings is 2. The molecule has 39 heavy (non-hydrogen) atoms. The van der Waals surface area contributed by atoms with Crippen LogP contribution in [0.2, 0.25) is 5.02 Å². The SMILES string of the molecule is C/N=C\C=C/c1cc(O)cc(-c2c(Cl)cc3c(N4CC5CCC(C4)N5)nc(N4CC(N(C)C)C4)nc3c2F)c1. The van der Waals surface area contributed by atoms with Crippen molar-refractivity contribution in [2.24, 2.45) is 4.99 Å². The van der Waals surface area contributed by atoms with Gasteiger partial charge in [0.15, 0.2) is 5.82 Å². The summed E-state index contributed by atoms with van der Waals surface area (Å²) < 4.78 is 16.5. The van der Waals surface area contributed by atoms with E-state index in [1.807, 2.05) is 0 Å². The van der Waals surface area contributed by atoms with Gasteiger partial charge in [-0.1, -0.05) is 17.7 Å². The standard InChI is InChI=1S/C29H33ClFN7O/c1-32-8-4-5-17-9-18(11-22(39)10-17)25-24(30)12-23-27(26(25)31)34-29(38-15-21(16-38)36(2)3)35-28(23)37-13-19-6-7-20(14-37)33-19/h4-5,8-12,19-21,33,39H,6-7,13-16H2,1-3H3/b5-4-,32-8-. The highest BCUT2D eigenvalue weighted by molar-refractivity contribution is 6.34. The van der Waals surface area contributed by atoms with E-state index >= 15 is 4.39 Å². The smallest absolute Gasteiger partial charge is 0.228 e. The molecule has 3 aromatic rings. The average molecular weight is 550 g/mol. The van der Waals surface area contributed by atoms with E-state index in [0.717, 1.165) is 44.8 Å². The summed E-state index contributed by atoms with van der Waals surface area (Å²) in [6.45, 7) is 3.20. The molecule has 0 saturated carbocycles. The van der Waals surface area contributed by atoms with Gasteiger partial charge in [0.25, 0.3) is 0 Å². The van der Waals surface area contributed by atoms with E-state index in [0.29, 0.717) is 40.6 Å². The first-order valence-corrected chi connectivity index (χ1v) is 13.7. The van der Waals surface area contributed by atoms with Crippen LogP contribution in [0.3, 0.4) is 0 Å². The fourth-order valence-electron chi connectivity index (χ4n) is 5.85. The van der Waals surface area contributed by atoms with Crippen molar-refractivity contribution >= 4 is 46.6 Å². The fourth-order valence-corrected chi connectivity index (χ4v) is 6.15. The van der Waals surface area contributed by atoms with Crippen molar-refractivity contribution in [2.75, 3.05) is 57.1 Å². The number of aromatic nitrogens is 2. The van der Waals surface area contributed by atoms with Gasteiger partial charge in [-0.05, 0) is 68.4 Å². The van der Waals surface area contributed by atoms with Crippen molar-refractivity contribution in [2.45, 2.75) is 31.0 Å². The number of aliphatic imine (C=N–C) groups is 1. The average Bonchev–Trinajstić information content (AvgIpc) is 3.20. The second kappa shape index (κ2) is 10.4. The minimum absolute atomic E-state index is 0.0202. The van der Waals surface area contributed by atoms with E-state index in [9.17, 15) is 5.11 Å². The van der Waals surface area contributed by atoms with Crippen LogP contribution in [0.1, 0.15) is 18.4 Å². The molecule has 10 heteroatoms. The van der Waals surface area contributed by atoms with E-state index in [1.54, 1.807) is 43.6 Å². The third-order valence-corrected chi connectivity index (χ3v) is 8.29. The van der Waals surface area contributed by atoms with Crippen molar-refractivity contribution in [3.63, 3.8) is 0 Å². The maximum absolute atomic E-state index is 16.5. The topological polar surface area (TPSA) is 80.1 Å². The number of phenols is 1. The molecular formula is C29H33ClFN7O. The largest absolute Gasteiger partial charge is 0.508 e. The third-order valence-electron chi connectivity index (χ3n) is 8.00. The van der Waals surface area contributed by atoms with Crippen LogP contribution in [0.4, 0.5) is 16.2 Å². The minimum atomic E-state index is -0.513. The number of allylic oxidation sites excluding steroid dienone is 1. The molecule has 3 aliphatic heterocycles. The summed E-state index contributed by atoms with van der Waals surface area (Å²) in [5, 5.41) is 14.9. The molecule has 1 aromatic heterocycles. The Hall–Kier alpha value is -3.27. The quantitative estimate of drug-likeness (QED) is 0.446. The van der Waals surface area contributed by atoms with Crippen LogP contribution in [-0.4, -0.2) is 91.6 Å². The lowest BCUT2D eigenvalue weighted by molar-refractivity contribution is 0.245. The summed E-state index contributed by atoms with van der Waals surface area (Å²) in [5.74, 6) is 0.770. The molecule has 4 heterocycles. The summed E-state index contributed by atoms with van der Waals surface area (Å²) in [6, 6.07) is 7.91. The number of hydrogen-bond acceptors (Lipinski definition) is 8. The van der Waals surface area contributed by atoms with Gasteiger partial charge in [0.2, 0.25) is 5.95 Å². The first-order valence-electron chi connectivity index (χ1n) is 13.4. The fraction of sp³-hybridized carbons (Fsp3) is 0.414. The van der Waals surface area contributed by atoms with Crippen LogP contribution < -0.4 is 15.1 Å². The molecular weight excluding hydrogens is 517 g/mol. The van der Waals surface area contributed by atoms with Crippen molar-refractivity contribution in [3.05, 3.63) is 46.7 Å². The Kier molecular flexibility index (Phi) is 6.91. The Morgan fingerprint density at radius 3 is 2.51 bits per heavy atom. The summed E-state index contributed by atoms with van der Waals surface area (Å²) in [7, 11) is 5.80. The van der Waals surface area contributed by atoms with Crippen LogP contribution in [0.15, 0.2) is 35.3 Å². The van der Waals surface area contributed by atoms with Crippen LogP contribution in [-0.2, 0) is 0 Å². The molecule has 2 atom stereocenters. The maximum atomic E-state index is 16.5. The predicted molar refractivity (Wildman–Crippen MR) is 157 cm³/mol. The molecule has 3 aliphatic rings. The molecule has 6 rings (SSSR count). The molecule has 3 fully saturated rings. The summed E-state index contributed by atoms with van der Waals surface area (Å²) in [6.07, 6.45) is 7.46. The normalized spacial score (nSPS) is 21.7. The molecule has 2 aromatic carbocycles. The molecule has 3 saturated heterocycles. The molecule has 0 amide bonds. The highest BCUT2D eigenvalue weighted by Gasteiger charge is 2.36. The third kappa shape index (κ3) is 4.95. The Balaban J connectivity index is 1.49. The molecule has 0 aliphatic carbocycles. The highest BCUT2D eigenvalue weighted by atomic mass is 35.5. The highest BCUT2D eigenvalue weighted by Crippen LogP contribution is 2.41. The Morgan fingerprint density at radius 2 is 1.82 bits per heavy atom. The lowest BCUT2D eigenvalue weighted by Crippen LogP contribution is -2.58. The number of nitrogens with zero attached hydrogens (tertiary/aromatic N) is 6. The monoisotopic (exact) mass is 549 g/mol. The molecule has 204 valence electrons. The zero-order valence-electron chi connectivity index (χ0n) is 22.4. The van der Waals surface area contributed by atoms with Crippen LogP contribution in [0, 0.1) is 5.82 Å². The second-order valence-corrected chi connectivity index (χ2v) is 11.3. The van der Waals surface area contributed by atoms with Gasteiger partial charge in [0.05, 0.1) is 5.02 Å². The van der Waals surface area contributed by atoms with E-state index in [2.05, 4.69) is 39.1 Å². The summed E-state index contributed by atoms with van der Waals surface area (Å²) >= 11 is 6.79. The van der Waals surface area contributed by atoms with Gasteiger partial charge in [-0.15, -0.1) is 0 Å².